The van der Waals surface area contributed by atoms with Crippen LogP contribution >= 0.6 is 0 Å². The zero-order valence-corrected chi connectivity index (χ0v) is 5.80. The average Bonchev–Trinajstić information content (AvgIpc) is 1.00. The SMILES string of the molecule is C=C.[Cl-].[Cl-].[Mg+2]. The van der Waals surface area contributed by atoms with E-state index in [2.05, 4.69) is 13.2 Å². The standard InChI is InChI=1S/C2H4.2ClH.Mg/c1-2;;;/h1-2H2;2*1H;/q;;;+2/p-2. The summed E-state index contributed by atoms with van der Waals surface area (Å²) in [6.07, 6.45) is 0. The van der Waals surface area contributed by atoms with Gasteiger partial charge < -0.3 is 24.8 Å². The first kappa shape index (κ1) is 36.2. The van der Waals surface area contributed by atoms with E-state index in [1.807, 2.05) is 0 Å². The van der Waals surface area contributed by atoms with Gasteiger partial charge in [-0.25, -0.2) is 0 Å². The molecule has 0 unspecified atom stereocenters. The van der Waals surface area contributed by atoms with Gasteiger partial charge in [0.15, 0.2) is 0 Å². The topological polar surface area (TPSA) is 0 Å². The summed E-state index contributed by atoms with van der Waals surface area (Å²) in [5, 5.41) is 0. The normalized spacial score (nSPS) is 0.800. The first-order valence-corrected chi connectivity index (χ1v) is 0.500. The van der Waals surface area contributed by atoms with E-state index >= 15 is 0 Å². The minimum Gasteiger partial charge on any atom is -1.00 e. The second kappa shape index (κ2) is 72.0. The molecule has 0 spiro atoms. The number of hydrogen-bond donors (Lipinski definition) is 0. The van der Waals surface area contributed by atoms with Gasteiger partial charge in [0.05, 0.1) is 0 Å². The molecular formula is C2H4Cl2Mg. The molecule has 0 aliphatic rings. The minimum absolute atomic E-state index is 0. The summed E-state index contributed by atoms with van der Waals surface area (Å²) in [6.45, 7) is 6.00. The monoisotopic (exact) mass is 122 g/mol. The molecule has 3 heteroatoms. The van der Waals surface area contributed by atoms with E-state index < -0.39 is 0 Å². The zero-order valence-electron chi connectivity index (χ0n) is 2.88. The van der Waals surface area contributed by atoms with Gasteiger partial charge >= 0.3 is 23.1 Å². The van der Waals surface area contributed by atoms with Crippen molar-refractivity contribution in [2.75, 3.05) is 0 Å². The summed E-state index contributed by atoms with van der Waals surface area (Å²) >= 11 is 0. The summed E-state index contributed by atoms with van der Waals surface area (Å²) in [5.74, 6) is 0. The molecule has 0 rings (SSSR count). The van der Waals surface area contributed by atoms with Crippen molar-refractivity contribution in [1.29, 1.82) is 0 Å². The largest absolute Gasteiger partial charge is 2.00 e. The molecule has 0 aromatic carbocycles. The Morgan fingerprint density at radius 3 is 0.800 bits per heavy atom. The Kier molecular flexibility index (Phi) is 521. The van der Waals surface area contributed by atoms with E-state index in [0.29, 0.717) is 0 Å². The van der Waals surface area contributed by atoms with Crippen molar-refractivity contribution in [2.45, 2.75) is 0 Å². The molecule has 5 heavy (non-hydrogen) atoms. The third-order valence-electron chi connectivity index (χ3n) is 0. The van der Waals surface area contributed by atoms with Crippen molar-refractivity contribution in [3.8, 4) is 0 Å². The molecule has 0 aromatic heterocycles. The van der Waals surface area contributed by atoms with Gasteiger partial charge in [0, 0.05) is 0 Å². The molecule has 0 saturated heterocycles. The molecule has 28 valence electrons. The summed E-state index contributed by atoms with van der Waals surface area (Å²) in [4.78, 5) is 0. The Morgan fingerprint density at radius 1 is 0.800 bits per heavy atom. The van der Waals surface area contributed by atoms with E-state index in [4.69, 9.17) is 0 Å². The molecule has 0 heterocycles. The molecule has 0 aliphatic carbocycles. The zero-order chi connectivity index (χ0) is 2.00. The first-order chi connectivity index (χ1) is 1.00. The van der Waals surface area contributed by atoms with Crippen molar-refractivity contribution in [2.24, 2.45) is 0 Å². The second-order valence-corrected chi connectivity index (χ2v) is 0. The van der Waals surface area contributed by atoms with Gasteiger partial charge in [-0.1, -0.05) is 0 Å². The van der Waals surface area contributed by atoms with Crippen LogP contribution in [0.15, 0.2) is 13.2 Å². The maximum atomic E-state index is 3.00. The third kappa shape index (κ3) is 41.1. The molecule has 0 N–H and O–H groups in total. The molecule has 0 fully saturated rings. The smallest absolute Gasteiger partial charge is 1.00 e. The van der Waals surface area contributed by atoms with Gasteiger partial charge in [-0.15, -0.1) is 13.2 Å². The molecule has 0 bridgehead atoms. The van der Waals surface area contributed by atoms with E-state index in [0.717, 1.165) is 0 Å². The van der Waals surface area contributed by atoms with E-state index in [-0.39, 0.29) is 47.9 Å². The molecule has 0 aromatic rings. The Bertz CT molecular complexity index is 7.61. The molecule has 0 radical (unpaired) electrons. The number of halogens is 2. The van der Waals surface area contributed by atoms with Crippen LogP contribution in [0.1, 0.15) is 0 Å². The van der Waals surface area contributed by atoms with E-state index in [1.165, 1.54) is 0 Å². The van der Waals surface area contributed by atoms with Gasteiger partial charge in [-0.05, 0) is 0 Å². The van der Waals surface area contributed by atoms with Crippen LogP contribution in [0.25, 0.3) is 0 Å². The van der Waals surface area contributed by atoms with Crippen molar-refractivity contribution in [1.82, 2.24) is 0 Å². The molecular weight excluding hydrogens is 119 g/mol. The van der Waals surface area contributed by atoms with Gasteiger partial charge in [0.2, 0.25) is 0 Å². The van der Waals surface area contributed by atoms with Crippen molar-refractivity contribution in [3.05, 3.63) is 13.2 Å². The van der Waals surface area contributed by atoms with Crippen LogP contribution in [0.4, 0.5) is 0 Å². The van der Waals surface area contributed by atoms with Gasteiger partial charge in [-0.3, -0.25) is 0 Å². The van der Waals surface area contributed by atoms with Crippen LogP contribution in [0.5, 0.6) is 0 Å². The fourth-order valence-corrected chi connectivity index (χ4v) is 0. The van der Waals surface area contributed by atoms with E-state index in [1.54, 1.807) is 0 Å². The maximum absolute atomic E-state index is 3.00. The Hall–Kier alpha value is 1.09. The quantitative estimate of drug-likeness (QED) is 0.223. The fraction of sp³-hybridized carbons (Fsp3) is 0. The average molecular weight is 123 g/mol. The van der Waals surface area contributed by atoms with Crippen molar-refractivity contribution < 1.29 is 24.8 Å². The summed E-state index contributed by atoms with van der Waals surface area (Å²) in [5.41, 5.74) is 0. The van der Waals surface area contributed by atoms with Crippen LogP contribution in [-0.2, 0) is 0 Å². The molecule has 0 aliphatic heterocycles. The van der Waals surface area contributed by atoms with Crippen molar-refractivity contribution >= 4 is 23.1 Å². The Morgan fingerprint density at radius 2 is 0.800 bits per heavy atom. The fourth-order valence-electron chi connectivity index (χ4n) is 0. The van der Waals surface area contributed by atoms with Gasteiger partial charge in [-0.2, -0.15) is 0 Å². The summed E-state index contributed by atoms with van der Waals surface area (Å²) < 4.78 is 0. The first-order valence-electron chi connectivity index (χ1n) is 0.500. The van der Waals surface area contributed by atoms with Crippen LogP contribution in [0, 0.1) is 0 Å². The molecule has 0 atom stereocenters. The summed E-state index contributed by atoms with van der Waals surface area (Å²) in [7, 11) is 0. The van der Waals surface area contributed by atoms with Crippen molar-refractivity contribution in [3.63, 3.8) is 0 Å². The van der Waals surface area contributed by atoms with Crippen LogP contribution in [0.2, 0.25) is 0 Å². The number of rotatable bonds is 0. The predicted molar refractivity (Wildman–Crippen MR) is 17.0 cm³/mol. The number of hydrogen-bond acceptors (Lipinski definition) is 0. The van der Waals surface area contributed by atoms with Gasteiger partial charge in [0.1, 0.15) is 0 Å². The molecule has 0 saturated carbocycles. The van der Waals surface area contributed by atoms with Crippen LogP contribution in [0.3, 0.4) is 0 Å². The third-order valence-corrected chi connectivity index (χ3v) is 0. The minimum atomic E-state index is 0. The molecule has 0 amide bonds. The Labute approximate surface area is 61.0 Å². The summed E-state index contributed by atoms with van der Waals surface area (Å²) in [6, 6.07) is 0. The van der Waals surface area contributed by atoms with E-state index in [9.17, 15) is 0 Å². The Balaban J connectivity index is -0.00000000167. The van der Waals surface area contributed by atoms with Crippen LogP contribution in [-0.4, -0.2) is 23.1 Å². The van der Waals surface area contributed by atoms with Gasteiger partial charge in [0.25, 0.3) is 0 Å². The second-order valence-electron chi connectivity index (χ2n) is 0. The predicted octanol–water partition coefficient (Wildman–Crippen LogP) is -5.57. The maximum Gasteiger partial charge on any atom is 2.00 e. The van der Waals surface area contributed by atoms with Crippen LogP contribution < -0.4 is 24.8 Å². The molecule has 0 nitrogen and oxygen atoms in total.